The molecular formula is C27H30N2O4. The normalized spacial score (nSPS) is 19.2. The van der Waals surface area contributed by atoms with E-state index in [-0.39, 0.29) is 17.7 Å². The molecule has 0 aromatic heterocycles. The van der Waals surface area contributed by atoms with Crippen molar-refractivity contribution >= 4 is 0 Å². The first kappa shape index (κ1) is 22.7. The largest absolute Gasteiger partial charge is 0.493 e. The van der Waals surface area contributed by atoms with Crippen LogP contribution in [0.2, 0.25) is 0 Å². The van der Waals surface area contributed by atoms with E-state index in [0.717, 1.165) is 34.6 Å². The third kappa shape index (κ3) is 4.68. The quantitative estimate of drug-likeness (QED) is 0.313. The zero-order valence-electron chi connectivity index (χ0n) is 19.5. The predicted molar refractivity (Wildman–Crippen MR) is 127 cm³/mol. The number of methoxy groups -OCH3 is 2. The van der Waals surface area contributed by atoms with E-state index < -0.39 is 0 Å². The summed E-state index contributed by atoms with van der Waals surface area (Å²) in [6.07, 6.45) is 10.0. The Kier molecular flexibility index (Phi) is 6.60. The third-order valence-corrected chi connectivity index (χ3v) is 6.30. The standard InChI is InChI=1S/C27H30N2O4/c1-6-8-12-27(28-29-27)13-14-32-23-17-24-21(15-19(23)9-7-2)18(3)26(33-24)20-10-11-22(30-4)25(16-20)31-5/h1,7,10-11,15-18,26H,2,8-9,12-14H2,3-5H3/t18-,26-/m0/s1. The molecule has 2 aromatic rings. The number of ether oxygens (including phenoxy) is 4. The van der Waals surface area contributed by atoms with Crippen molar-refractivity contribution in [2.45, 2.75) is 50.3 Å². The summed E-state index contributed by atoms with van der Waals surface area (Å²) in [6, 6.07) is 10.1. The molecule has 0 radical (unpaired) electrons. The Morgan fingerprint density at radius 2 is 1.91 bits per heavy atom. The molecule has 2 aliphatic rings. The summed E-state index contributed by atoms with van der Waals surface area (Å²) in [4.78, 5) is 0. The minimum atomic E-state index is -0.356. The molecule has 0 aliphatic carbocycles. The maximum absolute atomic E-state index is 6.40. The average molecular weight is 447 g/mol. The Bertz CT molecular complexity index is 1100. The molecule has 0 unspecified atom stereocenters. The molecule has 33 heavy (non-hydrogen) atoms. The molecule has 0 N–H and O–H groups in total. The van der Waals surface area contributed by atoms with Crippen molar-refractivity contribution in [2.24, 2.45) is 10.2 Å². The molecule has 2 aliphatic heterocycles. The van der Waals surface area contributed by atoms with E-state index >= 15 is 0 Å². The van der Waals surface area contributed by atoms with Crippen LogP contribution in [0.4, 0.5) is 0 Å². The Labute approximate surface area is 195 Å². The Morgan fingerprint density at radius 1 is 1.12 bits per heavy atom. The van der Waals surface area contributed by atoms with Gasteiger partial charge in [0, 0.05) is 36.8 Å². The molecule has 2 heterocycles. The van der Waals surface area contributed by atoms with Gasteiger partial charge in [-0.2, -0.15) is 10.2 Å². The molecule has 0 amide bonds. The summed E-state index contributed by atoms with van der Waals surface area (Å²) < 4.78 is 23.4. The fourth-order valence-corrected chi connectivity index (χ4v) is 4.31. The van der Waals surface area contributed by atoms with E-state index in [2.05, 4.69) is 35.7 Å². The van der Waals surface area contributed by atoms with Crippen LogP contribution in [0.15, 0.2) is 53.2 Å². The van der Waals surface area contributed by atoms with Gasteiger partial charge in [-0.3, -0.25) is 0 Å². The average Bonchev–Trinajstić information content (AvgIpc) is 3.54. The monoisotopic (exact) mass is 446 g/mol. The second-order valence-corrected chi connectivity index (χ2v) is 8.42. The number of hydrogen-bond acceptors (Lipinski definition) is 6. The highest BCUT2D eigenvalue weighted by Gasteiger charge is 2.39. The highest BCUT2D eigenvalue weighted by molar-refractivity contribution is 5.53. The van der Waals surface area contributed by atoms with Gasteiger partial charge in [-0.25, -0.2) is 0 Å². The molecule has 0 saturated carbocycles. The zero-order chi connectivity index (χ0) is 23.4. The summed E-state index contributed by atoms with van der Waals surface area (Å²) in [5.41, 5.74) is 2.94. The summed E-state index contributed by atoms with van der Waals surface area (Å²) >= 11 is 0. The van der Waals surface area contributed by atoms with Crippen molar-refractivity contribution in [1.82, 2.24) is 0 Å². The van der Waals surface area contributed by atoms with Crippen molar-refractivity contribution in [3.8, 4) is 35.3 Å². The zero-order valence-corrected chi connectivity index (χ0v) is 19.5. The first-order chi connectivity index (χ1) is 16.0. The van der Waals surface area contributed by atoms with Crippen molar-refractivity contribution in [1.29, 1.82) is 0 Å². The number of fused-ring (bicyclic) bond motifs is 1. The lowest BCUT2D eigenvalue weighted by atomic mass is 9.91. The fraction of sp³-hybridized carbons (Fsp3) is 0.407. The number of allylic oxidation sites excluding steroid dienone is 1. The van der Waals surface area contributed by atoms with Crippen LogP contribution in [0.1, 0.15) is 54.9 Å². The fourth-order valence-electron chi connectivity index (χ4n) is 4.31. The van der Waals surface area contributed by atoms with Gasteiger partial charge in [0.15, 0.2) is 17.2 Å². The van der Waals surface area contributed by atoms with Gasteiger partial charge in [0.1, 0.15) is 17.6 Å². The minimum absolute atomic E-state index is 0.122. The highest BCUT2D eigenvalue weighted by Crippen LogP contribution is 2.49. The van der Waals surface area contributed by atoms with Crippen LogP contribution >= 0.6 is 0 Å². The maximum Gasteiger partial charge on any atom is 0.195 e. The van der Waals surface area contributed by atoms with Crippen LogP contribution in [0.3, 0.4) is 0 Å². The first-order valence-corrected chi connectivity index (χ1v) is 11.2. The Balaban J connectivity index is 1.52. The van der Waals surface area contributed by atoms with Gasteiger partial charge < -0.3 is 18.9 Å². The topological polar surface area (TPSA) is 61.6 Å². The van der Waals surface area contributed by atoms with E-state index in [1.165, 1.54) is 0 Å². The van der Waals surface area contributed by atoms with E-state index in [1.807, 2.05) is 30.3 Å². The molecule has 6 nitrogen and oxygen atoms in total. The van der Waals surface area contributed by atoms with Crippen molar-refractivity contribution in [3.05, 3.63) is 59.7 Å². The lowest BCUT2D eigenvalue weighted by molar-refractivity contribution is 0.214. The summed E-state index contributed by atoms with van der Waals surface area (Å²) in [7, 11) is 3.27. The first-order valence-electron chi connectivity index (χ1n) is 11.2. The number of nitrogens with zero attached hydrogens (tertiary/aromatic N) is 2. The van der Waals surface area contributed by atoms with E-state index in [9.17, 15) is 0 Å². The van der Waals surface area contributed by atoms with Crippen LogP contribution in [0.5, 0.6) is 23.0 Å². The Hall–Kier alpha value is -3.46. The van der Waals surface area contributed by atoms with Crippen molar-refractivity contribution in [2.75, 3.05) is 20.8 Å². The molecule has 2 atom stereocenters. The molecule has 6 heteroatoms. The maximum atomic E-state index is 6.40. The van der Waals surface area contributed by atoms with E-state index in [1.54, 1.807) is 14.2 Å². The molecule has 0 spiro atoms. The van der Waals surface area contributed by atoms with Gasteiger partial charge in [0.25, 0.3) is 0 Å². The van der Waals surface area contributed by atoms with Gasteiger partial charge in [-0.1, -0.05) is 19.1 Å². The van der Waals surface area contributed by atoms with Crippen LogP contribution < -0.4 is 18.9 Å². The van der Waals surface area contributed by atoms with Crippen molar-refractivity contribution < 1.29 is 18.9 Å². The number of hydrogen-bond donors (Lipinski definition) is 0. The highest BCUT2D eigenvalue weighted by atomic mass is 16.5. The molecular weight excluding hydrogens is 416 g/mol. The van der Waals surface area contributed by atoms with Gasteiger partial charge in [-0.15, -0.1) is 18.9 Å². The number of rotatable bonds is 11. The second kappa shape index (κ2) is 9.58. The van der Waals surface area contributed by atoms with Gasteiger partial charge in [-0.05, 0) is 35.7 Å². The lowest BCUT2D eigenvalue weighted by Crippen LogP contribution is -2.15. The summed E-state index contributed by atoms with van der Waals surface area (Å²) in [5, 5.41) is 8.38. The summed E-state index contributed by atoms with van der Waals surface area (Å²) in [5.74, 6) is 5.86. The summed E-state index contributed by atoms with van der Waals surface area (Å²) in [6.45, 7) is 6.60. The van der Waals surface area contributed by atoms with Gasteiger partial charge >= 0.3 is 0 Å². The SMILES string of the molecule is C#CCCC1(CCOc2cc3c(cc2CC=C)[C@H](C)[C@@H](c2ccc(OC)c(OC)c2)O3)N=N1. The van der Waals surface area contributed by atoms with Gasteiger partial charge in [0.05, 0.1) is 20.8 Å². The smallest absolute Gasteiger partial charge is 0.195 e. The molecule has 0 bridgehead atoms. The number of benzene rings is 2. The molecule has 0 fully saturated rings. The van der Waals surface area contributed by atoms with Gasteiger partial charge in [0.2, 0.25) is 0 Å². The molecule has 0 saturated heterocycles. The van der Waals surface area contributed by atoms with Crippen LogP contribution in [0, 0.1) is 12.3 Å². The van der Waals surface area contributed by atoms with E-state index in [4.69, 9.17) is 25.4 Å². The number of terminal acetylenes is 1. The second-order valence-electron chi connectivity index (χ2n) is 8.42. The Morgan fingerprint density at radius 3 is 2.58 bits per heavy atom. The van der Waals surface area contributed by atoms with E-state index in [0.29, 0.717) is 37.4 Å². The molecule has 4 rings (SSSR count). The van der Waals surface area contributed by atoms with Crippen LogP contribution in [-0.2, 0) is 6.42 Å². The molecule has 172 valence electrons. The lowest BCUT2D eigenvalue weighted by Gasteiger charge is -2.17. The van der Waals surface area contributed by atoms with Crippen LogP contribution in [0.25, 0.3) is 0 Å². The minimum Gasteiger partial charge on any atom is -0.493 e. The van der Waals surface area contributed by atoms with Crippen LogP contribution in [-0.4, -0.2) is 26.5 Å². The molecule has 2 aromatic carbocycles. The predicted octanol–water partition coefficient (Wildman–Crippen LogP) is 6.01. The van der Waals surface area contributed by atoms with Crippen molar-refractivity contribution in [3.63, 3.8) is 0 Å². The third-order valence-electron chi connectivity index (χ3n) is 6.30.